The normalized spacial score (nSPS) is 11.9. The lowest BCUT2D eigenvalue weighted by Crippen LogP contribution is -1.93. The van der Waals surface area contributed by atoms with Crippen molar-refractivity contribution in [3.05, 3.63) is 140 Å². The Bertz CT molecular complexity index is 2420. The topological polar surface area (TPSA) is 31.2 Å². The molecule has 3 heterocycles. The molecule has 0 aliphatic heterocycles. The van der Waals surface area contributed by atoms with Gasteiger partial charge in [0.1, 0.15) is 22.3 Å². The highest BCUT2D eigenvalue weighted by Crippen LogP contribution is 2.45. The van der Waals surface area contributed by atoms with Gasteiger partial charge in [0.15, 0.2) is 5.58 Å². The van der Waals surface area contributed by atoms with Gasteiger partial charge in [0, 0.05) is 38.4 Å². The maximum Gasteiger partial charge on any atom is 0.161 e. The summed E-state index contributed by atoms with van der Waals surface area (Å²) in [5.74, 6) is 0. The van der Waals surface area contributed by atoms with Crippen LogP contribution in [0.1, 0.15) is 0 Å². The van der Waals surface area contributed by atoms with E-state index in [1.165, 1.54) is 0 Å². The Kier molecular flexibility index (Phi) is 4.61. The van der Waals surface area contributed by atoms with Crippen molar-refractivity contribution >= 4 is 54.9 Å². The molecule has 0 saturated carbocycles. The summed E-state index contributed by atoms with van der Waals surface area (Å²) >= 11 is 0. The van der Waals surface area contributed by atoms with E-state index in [9.17, 15) is 0 Å². The summed E-state index contributed by atoms with van der Waals surface area (Å²) in [6, 6.07) is 48.7. The molecule has 0 unspecified atom stereocenters. The smallest absolute Gasteiger partial charge is 0.161 e. The highest BCUT2D eigenvalue weighted by molar-refractivity contribution is 6.19. The van der Waals surface area contributed by atoms with E-state index in [4.69, 9.17) is 8.83 Å². The average molecular weight is 526 g/mol. The first-order chi connectivity index (χ1) is 20.4. The van der Waals surface area contributed by atoms with E-state index >= 15 is 0 Å². The lowest BCUT2D eigenvalue weighted by atomic mass is 9.92. The van der Waals surface area contributed by atoms with Crippen molar-refractivity contribution in [2.45, 2.75) is 0 Å². The molecule has 0 amide bonds. The van der Waals surface area contributed by atoms with E-state index in [0.29, 0.717) is 0 Å². The first-order valence-electron chi connectivity index (χ1n) is 13.9. The highest BCUT2D eigenvalue weighted by atomic mass is 16.3. The maximum atomic E-state index is 6.84. The van der Waals surface area contributed by atoms with E-state index in [-0.39, 0.29) is 0 Å². The van der Waals surface area contributed by atoms with Crippen molar-refractivity contribution in [3.8, 4) is 27.9 Å². The van der Waals surface area contributed by atoms with Crippen LogP contribution in [0.25, 0.3) is 82.9 Å². The third kappa shape index (κ3) is 3.14. The molecule has 6 aromatic carbocycles. The van der Waals surface area contributed by atoms with E-state index in [2.05, 4.69) is 132 Å². The zero-order chi connectivity index (χ0) is 26.9. The Hall–Kier alpha value is -5.54. The second-order valence-corrected chi connectivity index (χ2v) is 10.5. The molecule has 0 aliphatic rings. The summed E-state index contributed by atoms with van der Waals surface area (Å²) in [4.78, 5) is 0. The largest absolute Gasteiger partial charge is 0.455 e. The lowest BCUT2D eigenvalue weighted by molar-refractivity contribution is 0.670. The van der Waals surface area contributed by atoms with Gasteiger partial charge < -0.3 is 13.4 Å². The number of fused-ring (bicyclic) bond motifs is 8. The van der Waals surface area contributed by atoms with Crippen molar-refractivity contribution in [2.75, 3.05) is 0 Å². The summed E-state index contributed by atoms with van der Waals surface area (Å²) in [7, 11) is 0. The van der Waals surface area contributed by atoms with E-state index in [0.717, 1.165) is 82.9 Å². The predicted molar refractivity (Wildman–Crippen MR) is 169 cm³/mol. The Labute approximate surface area is 235 Å². The first-order valence-corrected chi connectivity index (χ1v) is 13.9. The molecule has 0 radical (unpaired) electrons. The van der Waals surface area contributed by atoms with Crippen LogP contribution in [0.2, 0.25) is 0 Å². The summed E-state index contributed by atoms with van der Waals surface area (Å²) in [5.41, 5.74) is 11.3. The first kappa shape index (κ1) is 22.3. The van der Waals surface area contributed by atoms with Crippen molar-refractivity contribution < 1.29 is 8.83 Å². The monoisotopic (exact) mass is 525 g/mol. The molecule has 0 N–H and O–H groups in total. The van der Waals surface area contributed by atoms with Crippen LogP contribution in [0.4, 0.5) is 0 Å². The zero-order valence-electron chi connectivity index (χ0n) is 22.0. The fourth-order valence-electron chi connectivity index (χ4n) is 6.46. The highest BCUT2D eigenvalue weighted by Gasteiger charge is 2.22. The van der Waals surface area contributed by atoms with Gasteiger partial charge in [-0.25, -0.2) is 0 Å². The molecule has 3 nitrogen and oxygen atoms in total. The summed E-state index contributed by atoms with van der Waals surface area (Å²) < 4.78 is 15.6. The number of nitrogens with zero attached hydrogens (tertiary/aromatic N) is 1. The van der Waals surface area contributed by atoms with Gasteiger partial charge in [0.25, 0.3) is 0 Å². The summed E-state index contributed by atoms with van der Waals surface area (Å²) in [6.45, 7) is 0. The Morgan fingerprint density at radius 1 is 0.366 bits per heavy atom. The molecule has 0 aliphatic carbocycles. The molecule has 192 valence electrons. The van der Waals surface area contributed by atoms with Crippen molar-refractivity contribution in [1.29, 1.82) is 0 Å². The minimum atomic E-state index is 0.886. The average Bonchev–Trinajstić information content (AvgIpc) is 3.70. The maximum absolute atomic E-state index is 6.84. The molecule has 3 aromatic heterocycles. The van der Waals surface area contributed by atoms with E-state index in [1.54, 1.807) is 0 Å². The van der Waals surface area contributed by atoms with Crippen LogP contribution in [0.3, 0.4) is 0 Å². The fourth-order valence-corrected chi connectivity index (χ4v) is 6.46. The SMILES string of the molecule is c1ccc(-n2c3ccccc3c3oc4c(-c5ccccc5-c5cccc6c5oc5ccccc56)cccc4c32)cc1. The molecule has 3 heteroatoms. The minimum absolute atomic E-state index is 0.886. The molecular weight excluding hydrogens is 502 g/mol. The number of aromatic nitrogens is 1. The third-order valence-electron chi connectivity index (χ3n) is 8.23. The van der Waals surface area contributed by atoms with Gasteiger partial charge in [-0.1, -0.05) is 103 Å². The number of benzene rings is 6. The number of hydrogen-bond donors (Lipinski definition) is 0. The standard InChI is InChI=1S/C38H23NO2/c1-2-12-24(13-3-1)39-33-22-8-6-17-31(33)38-35(39)32-21-11-19-29(37(32)41-38)26-15-5-4-14-25(26)28-18-10-20-30-27-16-7-9-23-34(27)40-36(28)30/h1-23H. The van der Waals surface area contributed by atoms with E-state index < -0.39 is 0 Å². The second-order valence-electron chi connectivity index (χ2n) is 10.5. The van der Waals surface area contributed by atoms with Crippen LogP contribution in [0.5, 0.6) is 0 Å². The van der Waals surface area contributed by atoms with Crippen LogP contribution >= 0.6 is 0 Å². The lowest BCUT2D eigenvalue weighted by Gasteiger charge is -2.12. The molecule has 9 aromatic rings. The number of rotatable bonds is 3. The van der Waals surface area contributed by atoms with Gasteiger partial charge >= 0.3 is 0 Å². The molecule has 0 saturated heterocycles. The van der Waals surface area contributed by atoms with Crippen molar-refractivity contribution in [1.82, 2.24) is 4.57 Å². The molecular formula is C38H23NO2. The molecule has 0 atom stereocenters. The van der Waals surface area contributed by atoms with Gasteiger partial charge in [0.2, 0.25) is 0 Å². The number of hydrogen-bond acceptors (Lipinski definition) is 2. The molecule has 0 spiro atoms. The zero-order valence-corrected chi connectivity index (χ0v) is 22.0. The fraction of sp³-hybridized carbons (Fsp3) is 0. The van der Waals surface area contributed by atoms with Gasteiger partial charge in [-0.15, -0.1) is 0 Å². The molecule has 0 bridgehead atoms. The molecule has 9 rings (SSSR count). The van der Waals surface area contributed by atoms with Gasteiger partial charge in [-0.3, -0.25) is 0 Å². The van der Waals surface area contributed by atoms with Gasteiger partial charge in [0.05, 0.1) is 5.52 Å². The Balaban J connectivity index is 1.35. The van der Waals surface area contributed by atoms with Crippen LogP contribution in [0, 0.1) is 0 Å². The summed E-state index contributed by atoms with van der Waals surface area (Å²) in [6.07, 6.45) is 0. The van der Waals surface area contributed by atoms with Crippen LogP contribution in [-0.2, 0) is 0 Å². The Morgan fingerprint density at radius 2 is 0.927 bits per heavy atom. The third-order valence-corrected chi connectivity index (χ3v) is 8.23. The molecule has 0 fully saturated rings. The number of para-hydroxylation sites is 5. The van der Waals surface area contributed by atoms with Crippen LogP contribution in [-0.4, -0.2) is 4.57 Å². The van der Waals surface area contributed by atoms with Gasteiger partial charge in [-0.2, -0.15) is 0 Å². The van der Waals surface area contributed by atoms with Crippen LogP contribution in [0.15, 0.2) is 148 Å². The van der Waals surface area contributed by atoms with Gasteiger partial charge in [-0.05, 0) is 47.5 Å². The van der Waals surface area contributed by atoms with Crippen molar-refractivity contribution in [2.24, 2.45) is 0 Å². The Morgan fingerprint density at radius 3 is 1.71 bits per heavy atom. The van der Waals surface area contributed by atoms with Crippen LogP contribution < -0.4 is 0 Å². The summed E-state index contributed by atoms with van der Waals surface area (Å²) in [5, 5.41) is 4.45. The van der Waals surface area contributed by atoms with Crippen molar-refractivity contribution in [3.63, 3.8) is 0 Å². The predicted octanol–water partition coefficient (Wildman–Crippen LogP) is 10.8. The number of furan rings is 2. The van der Waals surface area contributed by atoms with E-state index in [1.807, 2.05) is 12.1 Å². The quantitative estimate of drug-likeness (QED) is 0.230. The minimum Gasteiger partial charge on any atom is -0.455 e. The second kappa shape index (κ2) is 8.48. The molecule has 41 heavy (non-hydrogen) atoms.